The molecule has 7 heteroatoms. The van der Waals surface area contributed by atoms with Gasteiger partial charge in [0.15, 0.2) is 9.84 Å². The van der Waals surface area contributed by atoms with E-state index in [2.05, 4.69) is 33.4 Å². The van der Waals surface area contributed by atoms with Gasteiger partial charge in [-0.1, -0.05) is 11.6 Å². The molecule has 6 nitrogen and oxygen atoms in total. The number of nitrogens with zero attached hydrogens (tertiary/aromatic N) is 3. The number of sulfone groups is 1. The largest absolute Gasteiger partial charge is 0.383 e. The van der Waals surface area contributed by atoms with Crippen molar-refractivity contribution in [1.29, 1.82) is 5.26 Å². The van der Waals surface area contributed by atoms with E-state index in [1.165, 1.54) is 0 Å². The van der Waals surface area contributed by atoms with E-state index in [4.69, 9.17) is 0 Å². The number of aryl methyl sites for hydroxylation is 2. The van der Waals surface area contributed by atoms with Crippen molar-refractivity contribution >= 4 is 26.4 Å². The average Bonchev–Trinajstić information content (AvgIpc) is 2.59. The summed E-state index contributed by atoms with van der Waals surface area (Å²) in [5.74, 6) is 0.513. The molecule has 0 saturated carbocycles. The van der Waals surface area contributed by atoms with E-state index < -0.39 is 9.84 Å². The van der Waals surface area contributed by atoms with Gasteiger partial charge in [-0.25, -0.2) is 8.42 Å². The number of anilines is 1. The Kier molecular flexibility index (Phi) is 5.44. The first-order valence-electron chi connectivity index (χ1n) is 8.86. The normalized spacial score (nSPS) is 17.1. The van der Waals surface area contributed by atoms with E-state index in [1.807, 2.05) is 13.8 Å². The molecule has 1 saturated heterocycles. The maximum atomic E-state index is 11.5. The lowest BCUT2D eigenvalue weighted by molar-refractivity contribution is 0.295. The van der Waals surface area contributed by atoms with Gasteiger partial charge in [-0.2, -0.15) is 5.26 Å². The predicted octanol–water partition coefficient (Wildman–Crippen LogP) is 2.26. The molecule has 1 fully saturated rings. The zero-order chi connectivity index (χ0) is 18.7. The molecule has 0 unspecified atom stereocenters. The van der Waals surface area contributed by atoms with Crippen LogP contribution in [0, 0.1) is 25.2 Å². The first kappa shape index (κ1) is 18.6. The number of pyridine rings is 1. The number of nitrogens with one attached hydrogen (secondary N) is 1. The molecule has 0 bridgehead atoms. The number of hydrogen-bond donors (Lipinski definition) is 1. The van der Waals surface area contributed by atoms with Crippen LogP contribution >= 0.6 is 0 Å². The first-order chi connectivity index (χ1) is 12.4. The zero-order valence-corrected chi connectivity index (χ0v) is 16.1. The van der Waals surface area contributed by atoms with Crippen LogP contribution in [0.5, 0.6) is 0 Å². The molecule has 2 aromatic rings. The quantitative estimate of drug-likeness (QED) is 0.810. The number of benzene rings is 1. The third-order valence-corrected chi connectivity index (χ3v) is 6.43. The zero-order valence-electron chi connectivity index (χ0n) is 15.2. The van der Waals surface area contributed by atoms with Crippen LogP contribution in [0.1, 0.15) is 23.1 Å². The lowest BCUT2D eigenvalue weighted by Crippen LogP contribution is -2.41. The van der Waals surface area contributed by atoms with Crippen molar-refractivity contribution in [1.82, 2.24) is 9.88 Å². The van der Waals surface area contributed by atoms with Gasteiger partial charge in [0.25, 0.3) is 0 Å². The van der Waals surface area contributed by atoms with Crippen LogP contribution in [0.3, 0.4) is 0 Å². The van der Waals surface area contributed by atoms with Gasteiger partial charge in [0.2, 0.25) is 0 Å². The van der Waals surface area contributed by atoms with Crippen LogP contribution < -0.4 is 5.32 Å². The van der Waals surface area contributed by atoms with Crippen molar-refractivity contribution in [2.45, 2.75) is 20.3 Å². The minimum absolute atomic E-state index is 0.257. The van der Waals surface area contributed by atoms with Crippen molar-refractivity contribution in [3.8, 4) is 6.07 Å². The molecule has 138 valence electrons. The Morgan fingerprint density at radius 3 is 2.69 bits per heavy atom. The van der Waals surface area contributed by atoms with Crippen molar-refractivity contribution < 1.29 is 8.42 Å². The van der Waals surface area contributed by atoms with E-state index in [0.717, 1.165) is 47.2 Å². The van der Waals surface area contributed by atoms with Crippen molar-refractivity contribution in [3.05, 3.63) is 35.0 Å². The van der Waals surface area contributed by atoms with Crippen LogP contribution in [0.4, 0.5) is 5.69 Å². The molecule has 3 rings (SSSR count). The second-order valence-electron chi connectivity index (χ2n) is 6.91. The number of aromatic nitrogens is 1. The highest BCUT2D eigenvalue weighted by Gasteiger charge is 2.20. The van der Waals surface area contributed by atoms with Gasteiger partial charge in [0, 0.05) is 31.2 Å². The minimum atomic E-state index is -2.83. The minimum Gasteiger partial charge on any atom is -0.383 e. The second kappa shape index (κ2) is 7.60. The highest BCUT2D eigenvalue weighted by Crippen LogP contribution is 2.28. The summed E-state index contributed by atoms with van der Waals surface area (Å²) < 4.78 is 23.0. The summed E-state index contributed by atoms with van der Waals surface area (Å²) in [4.78, 5) is 6.63. The number of hydrogen-bond acceptors (Lipinski definition) is 6. The van der Waals surface area contributed by atoms with Crippen LogP contribution in [0.15, 0.2) is 18.3 Å². The van der Waals surface area contributed by atoms with E-state index in [1.54, 1.807) is 6.20 Å². The first-order valence-corrected chi connectivity index (χ1v) is 10.7. The molecule has 1 N–H and O–H groups in total. The highest BCUT2D eigenvalue weighted by atomic mass is 32.2. The Hall–Kier alpha value is -2.17. The summed E-state index contributed by atoms with van der Waals surface area (Å²) in [6.07, 6.45) is 2.52. The number of fused-ring (bicyclic) bond motifs is 1. The lowest BCUT2D eigenvalue weighted by Gasteiger charge is -2.26. The molecule has 0 amide bonds. The number of rotatable bonds is 5. The molecule has 1 aliphatic heterocycles. The second-order valence-corrected chi connectivity index (χ2v) is 9.21. The maximum Gasteiger partial charge on any atom is 0.152 e. The standard InChI is InChI=1S/C19H24N4O2S/c1-14-10-15(2)18-17(11-14)19(16(12-20)13-22-18)21-4-3-5-23-6-8-26(24,25)9-7-23/h10-11,13H,3-9H2,1-2H3,(H,21,22). The van der Waals surface area contributed by atoms with Gasteiger partial charge in [-0.15, -0.1) is 0 Å². The molecule has 1 aromatic carbocycles. The van der Waals surface area contributed by atoms with Gasteiger partial charge in [-0.3, -0.25) is 4.98 Å². The third kappa shape index (κ3) is 4.14. The van der Waals surface area contributed by atoms with Gasteiger partial charge >= 0.3 is 0 Å². The van der Waals surface area contributed by atoms with E-state index >= 15 is 0 Å². The summed E-state index contributed by atoms with van der Waals surface area (Å²) in [7, 11) is -2.83. The molecule has 0 aliphatic carbocycles. The van der Waals surface area contributed by atoms with Crippen LogP contribution in [-0.2, 0) is 9.84 Å². The Bertz CT molecular complexity index is 950. The Morgan fingerprint density at radius 1 is 1.27 bits per heavy atom. The summed E-state index contributed by atoms with van der Waals surface area (Å²) in [6, 6.07) is 6.38. The van der Waals surface area contributed by atoms with Crippen LogP contribution in [0.2, 0.25) is 0 Å². The summed E-state index contributed by atoms with van der Waals surface area (Å²) in [5.41, 5.74) is 4.54. The predicted molar refractivity (Wildman–Crippen MR) is 104 cm³/mol. The van der Waals surface area contributed by atoms with Gasteiger partial charge in [-0.05, 0) is 38.4 Å². The molecule has 0 atom stereocenters. The Labute approximate surface area is 154 Å². The summed E-state index contributed by atoms with van der Waals surface area (Å²) in [6.45, 7) is 6.88. The fourth-order valence-corrected chi connectivity index (χ4v) is 4.70. The smallest absolute Gasteiger partial charge is 0.152 e. The molecule has 1 aromatic heterocycles. The van der Waals surface area contributed by atoms with Gasteiger partial charge in [0.05, 0.1) is 28.3 Å². The lowest BCUT2D eigenvalue weighted by atomic mass is 10.0. The Balaban J connectivity index is 1.68. The van der Waals surface area contributed by atoms with Crippen molar-refractivity contribution in [3.63, 3.8) is 0 Å². The van der Waals surface area contributed by atoms with Crippen LogP contribution in [-0.4, -0.2) is 56.0 Å². The fourth-order valence-electron chi connectivity index (χ4n) is 3.43. The van der Waals surface area contributed by atoms with Gasteiger partial charge < -0.3 is 10.2 Å². The van der Waals surface area contributed by atoms with Gasteiger partial charge in [0.1, 0.15) is 6.07 Å². The van der Waals surface area contributed by atoms with E-state index in [-0.39, 0.29) is 11.5 Å². The molecule has 1 aliphatic rings. The molecule has 0 radical (unpaired) electrons. The molecule has 0 spiro atoms. The highest BCUT2D eigenvalue weighted by molar-refractivity contribution is 7.91. The summed E-state index contributed by atoms with van der Waals surface area (Å²) in [5, 5.41) is 13.8. The SMILES string of the molecule is Cc1cc(C)c2ncc(C#N)c(NCCCN3CCS(=O)(=O)CC3)c2c1. The molecule has 2 heterocycles. The molecular formula is C19H24N4O2S. The van der Waals surface area contributed by atoms with Crippen LogP contribution in [0.25, 0.3) is 10.9 Å². The van der Waals surface area contributed by atoms with Crippen molar-refractivity contribution in [2.24, 2.45) is 0 Å². The third-order valence-electron chi connectivity index (χ3n) is 4.82. The van der Waals surface area contributed by atoms with E-state index in [0.29, 0.717) is 18.7 Å². The summed E-state index contributed by atoms with van der Waals surface area (Å²) >= 11 is 0. The molecular weight excluding hydrogens is 348 g/mol. The maximum absolute atomic E-state index is 11.5. The fraction of sp³-hybridized carbons (Fsp3) is 0.474. The monoisotopic (exact) mass is 372 g/mol. The number of nitriles is 1. The molecule has 26 heavy (non-hydrogen) atoms. The van der Waals surface area contributed by atoms with Crippen molar-refractivity contribution in [2.75, 3.05) is 43.0 Å². The topological polar surface area (TPSA) is 86.1 Å². The van der Waals surface area contributed by atoms with E-state index in [9.17, 15) is 13.7 Å². The Morgan fingerprint density at radius 2 is 2.00 bits per heavy atom. The average molecular weight is 372 g/mol.